The number of carbonyl (C=O) groups is 2. The normalized spacial score (nSPS) is 14.2. The summed E-state index contributed by atoms with van der Waals surface area (Å²) in [7, 11) is -2.73. The van der Waals surface area contributed by atoms with E-state index in [1.54, 1.807) is 86.8 Å². The summed E-state index contributed by atoms with van der Waals surface area (Å²) in [5, 5.41) is 19.3. The molecule has 0 saturated carbocycles. The first kappa shape index (κ1) is 49.7. The van der Waals surface area contributed by atoms with Crippen LogP contribution in [0.1, 0.15) is 71.0 Å². The monoisotopic (exact) mass is 912 g/mol. The average molecular weight is 913 g/mol. The molecule has 4 rings (SSSR count). The summed E-state index contributed by atoms with van der Waals surface area (Å²) in [6.07, 6.45) is 2.26. The molecule has 4 atom stereocenters. The second-order valence-corrected chi connectivity index (χ2v) is 19.7. The number of aliphatic imine (C=N–C) groups is 1. The van der Waals surface area contributed by atoms with Crippen LogP contribution in [0.5, 0.6) is 5.75 Å². The van der Waals surface area contributed by atoms with Crippen LogP contribution >= 0.6 is 11.3 Å². The Hall–Kier alpha value is -4.92. The van der Waals surface area contributed by atoms with Gasteiger partial charge in [0, 0.05) is 18.1 Å². The summed E-state index contributed by atoms with van der Waals surface area (Å²) in [5.41, 5.74) is 8.98. The summed E-state index contributed by atoms with van der Waals surface area (Å²) >= 11 is 1.21. The number of benzene rings is 3. The maximum absolute atomic E-state index is 14.2. The molecule has 338 valence electrons. The SMILES string of the molecule is COc1cc(C)c(S(=O)(=O)NC(N)=NCCC[C@H](NC(=O)[C@H](CCCCN(C)C)NC(=O)[C@@H](Cc2ccccc2)NS(=O)(=O)Cc2ccccc2)C(O)c2nccs2)c(C)c1C. The number of aliphatic hydroxyl groups excluding tert-OH is 1. The lowest BCUT2D eigenvalue weighted by atomic mass is 10.0. The van der Waals surface area contributed by atoms with Crippen molar-refractivity contribution in [2.24, 2.45) is 10.7 Å². The average Bonchev–Trinajstić information content (AvgIpc) is 3.76. The number of hydrogen-bond acceptors (Lipinski definition) is 12. The number of guanidine groups is 1. The van der Waals surface area contributed by atoms with Crippen molar-refractivity contribution in [3.05, 3.63) is 111 Å². The molecule has 16 nitrogen and oxygen atoms in total. The number of aromatic nitrogens is 1. The maximum atomic E-state index is 14.2. The second kappa shape index (κ2) is 23.5. The molecular formula is C43H60N8O8S3. The number of nitrogens with one attached hydrogen (secondary N) is 4. The summed E-state index contributed by atoms with van der Waals surface area (Å²) in [6.45, 7) is 5.90. The van der Waals surface area contributed by atoms with Crippen LogP contribution in [-0.2, 0) is 41.8 Å². The first-order chi connectivity index (χ1) is 29.4. The number of hydrogen-bond donors (Lipinski definition) is 6. The van der Waals surface area contributed by atoms with E-state index in [0.29, 0.717) is 45.0 Å². The predicted molar refractivity (Wildman–Crippen MR) is 243 cm³/mol. The van der Waals surface area contributed by atoms with E-state index in [1.807, 2.05) is 25.1 Å². The lowest BCUT2D eigenvalue weighted by Crippen LogP contribution is -2.56. The molecule has 0 saturated heterocycles. The summed E-state index contributed by atoms with van der Waals surface area (Å²) in [4.78, 5) is 38.9. The molecule has 7 N–H and O–H groups in total. The number of aliphatic hydroxyl groups is 1. The number of thiazole rings is 1. The molecule has 3 aromatic carbocycles. The van der Waals surface area contributed by atoms with Crippen molar-refractivity contribution in [2.75, 3.05) is 34.3 Å². The van der Waals surface area contributed by atoms with Gasteiger partial charge in [0.2, 0.25) is 27.8 Å². The molecule has 4 aromatic rings. The number of ether oxygens (including phenoxy) is 1. The zero-order valence-corrected chi connectivity index (χ0v) is 38.6. The molecule has 0 aliphatic carbocycles. The fourth-order valence-corrected chi connectivity index (χ4v) is 10.4. The fraction of sp³-hybridized carbons (Fsp3) is 0.442. The van der Waals surface area contributed by atoms with Gasteiger partial charge in [0.1, 0.15) is 28.9 Å². The van der Waals surface area contributed by atoms with Crippen molar-refractivity contribution >= 4 is 49.2 Å². The van der Waals surface area contributed by atoms with Crippen LogP contribution in [0.2, 0.25) is 0 Å². The number of methoxy groups -OCH3 is 1. The van der Waals surface area contributed by atoms with Crippen LogP contribution in [-0.4, -0.2) is 102 Å². The van der Waals surface area contributed by atoms with E-state index >= 15 is 0 Å². The van der Waals surface area contributed by atoms with Crippen molar-refractivity contribution in [1.29, 1.82) is 0 Å². The van der Waals surface area contributed by atoms with Crippen molar-refractivity contribution < 1.29 is 36.3 Å². The first-order valence-electron chi connectivity index (χ1n) is 20.3. The second-order valence-electron chi connectivity index (χ2n) is 15.4. The van der Waals surface area contributed by atoms with Crippen LogP contribution in [0.15, 0.2) is 88.2 Å². The molecule has 0 bridgehead atoms. The number of aryl methyl sites for hydroxylation is 1. The molecule has 2 amide bonds. The molecular weight excluding hydrogens is 853 g/mol. The Kier molecular flexibility index (Phi) is 18.9. The number of amides is 2. The van der Waals surface area contributed by atoms with E-state index in [0.717, 1.165) is 13.0 Å². The van der Waals surface area contributed by atoms with Crippen molar-refractivity contribution in [3.8, 4) is 5.75 Å². The highest BCUT2D eigenvalue weighted by Gasteiger charge is 2.32. The molecule has 1 aromatic heterocycles. The van der Waals surface area contributed by atoms with Gasteiger partial charge >= 0.3 is 0 Å². The smallest absolute Gasteiger partial charge is 0.264 e. The van der Waals surface area contributed by atoms with Gasteiger partial charge in [0.15, 0.2) is 0 Å². The minimum Gasteiger partial charge on any atom is -0.496 e. The van der Waals surface area contributed by atoms with Crippen molar-refractivity contribution in [3.63, 3.8) is 0 Å². The lowest BCUT2D eigenvalue weighted by Gasteiger charge is -2.27. The Morgan fingerprint density at radius 1 is 0.887 bits per heavy atom. The fourth-order valence-electron chi connectivity index (χ4n) is 6.93. The zero-order chi connectivity index (χ0) is 45.5. The van der Waals surface area contributed by atoms with Crippen LogP contribution in [0.3, 0.4) is 0 Å². The van der Waals surface area contributed by atoms with Gasteiger partial charge in [-0.2, -0.15) is 0 Å². The van der Waals surface area contributed by atoms with Crippen molar-refractivity contribution in [1.82, 2.24) is 30.0 Å². The van der Waals surface area contributed by atoms with E-state index in [-0.39, 0.29) is 48.8 Å². The Balaban J connectivity index is 1.52. The summed E-state index contributed by atoms with van der Waals surface area (Å²) in [5.74, 6) is -1.37. The van der Waals surface area contributed by atoms with Crippen LogP contribution in [0, 0.1) is 20.8 Å². The van der Waals surface area contributed by atoms with E-state index in [1.165, 1.54) is 24.6 Å². The van der Waals surface area contributed by atoms with E-state index in [9.17, 15) is 31.5 Å². The molecule has 62 heavy (non-hydrogen) atoms. The Morgan fingerprint density at radius 2 is 1.53 bits per heavy atom. The highest BCUT2D eigenvalue weighted by Crippen LogP contribution is 2.30. The minimum absolute atomic E-state index is 0.0276. The molecule has 1 unspecified atom stereocenters. The maximum Gasteiger partial charge on any atom is 0.264 e. The highest BCUT2D eigenvalue weighted by atomic mass is 32.2. The zero-order valence-electron chi connectivity index (χ0n) is 36.1. The summed E-state index contributed by atoms with van der Waals surface area (Å²) < 4.78 is 64.0. The van der Waals surface area contributed by atoms with Gasteiger partial charge in [-0.3, -0.25) is 14.6 Å². The number of sulfonamides is 2. The highest BCUT2D eigenvalue weighted by molar-refractivity contribution is 7.90. The molecule has 0 fully saturated rings. The third-order valence-electron chi connectivity index (χ3n) is 10.2. The quantitative estimate of drug-likeness (QED) is 0.0338. The molecule has 19 heteroatoms. The lowest BCUT2D eigenvalue weighted by molar-refractivity contribution is -0.131. The van der Waals surface area contributed by atoms with E-state index in [2.05, 4.69) is 30.1 Å². The van der Waals surface area contributed by atoms with Crippen LogP contribution in [0.25, 0.3) is 0 Å². The van der Waals surface area contributed by atoms with E-state index in [4.69, 9.17) is 10.5 Å². The van der Waals surface area contributed by atoms with E-state index < -0.39 is 56.1 Å². The topological polar surface area (TPSA) is 235 Å². The number of carbonyl (C=O) groups excluding carboxylic acids is 2. The Morgan fingerprint density at radius 3 is 2.15 bits per heavy atom. The number of unbranched alkanes of at least 4 members (excludes halogenated alkanes) is 1. The molecule has 0 spiro atoms. The van der Waals surface area contributed by atoms with Crippen molar-refractivity contribution in [2.45, 2.75) is 94.2 Å². The van der Waals surface area contributed by atoms with Gasteiger partial charge in [0.05, 0.1) is 23.8 Å². The molecule has 0 aliphatic rings. The Bertz CT molecular complexity index is 2310. The van der Waals surface area contributed by atoms with Crippen LogP contribution in [0.4, 0.5) is 0 Å². The first-order valence-corrected chi connectivity index (χ1v) is 24.3. The predicted octanol–water partition coefficient (Wildman–Crippen LogP) is 3.62. The van der Waals surface area contributed by atoms with Gasteiger partial charge in [-0.15, -0.1) is 11.3 Å². The van der Waals surface area contributed by atoms with Gasteiger partial charge in [-0.1, -0.05) is 60.7 Å². The van der Waals surface area contributed by atoms with Gasteiger partial charge in [0.25, 0.3) is 10.0 Å². The number of nitrogens with two attached hydrogens (primary N) is 1. The molecule has 0 aliphatic heterocycles. The standard InChI is InChI=1S/C43H60N8O8S3/c1-29-26-37(59-6)30(2)31(3)39(29)62(57,58)50-43(44)46-22-15-21-34(38(52)42-45-23-25-60-42)47-40(53)35(20-13-14-24-51(4)5)48-41(54)36(27-32-16-9-7-10-17-32)49-61(55,56)28-33-18-11-8-12-19-33/h7-12,16-19,23,25-26,34-36,38,49,52H,13-15,20-22,24,27-28H2,1-6H3,(H,47,53)(H,48,54)(H3,44,46,50)/t34-,35-,36+,38?/m0/s1. The summed E-state index contributed by atoms with van der Waals surface area (Å²) in [6, 6.07) is 16.0. The third kappa shape index (κ3) is 15.2. The third-order valence-corrected chi connectivity index (χ3v) is 14.0. The largest absolute Gasteiger partial charge is 0.496 e. The Labute approximate surface area is 369 Å². The molecule has 0 radical (unpaired) electrons. The number of rotatable bonds is 24. The number of nitrogens with zero attached hydrogens (tertiary/aromatic N) is 3. The molecule has 1 heterocycles. The van der Waals surface area contributed by atoms with Crippen LogP contribution < -0.4 is 30.5 Å². The van der Waals surface area contributed by atoms with Gasteiger partial charge in [-0.05, 0) is 114 Å². The van der Waals surface area contributed by atoms with Gasteiger partial charge < -0.3 is 31.1 Å². The minimum atomic E-state index is -4.10. The van der Waals surface area contributed by atoms with Gasteiger partial charge in [-0.25, -0.2) is 31.3 Å².